The van der Waals surface area contributed by atoms with Gasteiger partial charge in [-0.25, -0.2) is 4.99 Å². The lowest BCUT2D eigenvalue weighted by molar-refractivity contribution is 0.0970. The Morgan fingerprint density at radius 1 is 1.72 bits per heavy atom. The molecule has 1 aromatic heterocycles. The zero-order chi connectivity index (χ0) is 12.8. The summed E-state index contributed by atoms with van der Waals surface area (Å²) >= 11 is 1.38. The van der Waals surface area contributed by atoms with Gasteiger partial charge in [0.05, 0.1) is 24.6 Å². The molecule has 6 heteroatoms. The minimum Gasteiger partial charge on any atom is -0.468 e. The minimum atomic E-state index is -0.196. The summed E-state index contributed by atoms with van der Waals surface area (Å²) in [4.78, 5) is 16.6. The molecule has 18 heavy (non-hydrogen) atoms. The van der Waals surface area contributed by atoms with Crippen LogP contribution < -0.4 is 5.32 Å². The molecule has 1 aliphatic heterocycles. The third-order valence-electron chi connectivity index (χ3n) is 2.62. The topological polar surface area (TPSA) is 59.9 Å². The van der Waals surface area contributed by atoms with Gasteiger partial charge >= 0.3 is 0 Å². The number of thiophene rings is 1. The number of hydrogen-bond donors (Lipinski definition) is 1. The lowest BCUT2D eigenvalue weighted by Gasteiger charge is -2.08. The van der Waals surface area contributed by atoms with E-state index in [1.165, 1.54) is 18.4 Å². The van der Waals surface area contributed by atoms with Crippen LogP contribution in [0.25, 0.3) is 0 Å². The molecule has 1 saturated heterocycles. The number of ether oxygens (including phenoxy) is 2. The summed E-state index contributed by atoms with van der Waals surface area (Å²) in [6, 6.07) is 3.83. The zero-order valence-electron chi connectivity index (χ0n) is 10.2. The lowest BCUT2D eigenvalue weighted by atomic mass is 10.2. The molecule has 1 atom stereocenters. The summed E-state index contributed by atoms with van der Waals surface area (Å²) in [6.07, 6.45) is 2.23. The molecular formula is C12H16N2O3S. The fourth-order valence-electron chi connectivity index (χ4n) is 1.69. The highest BCUT2D eigenvalue weighted by Gasteiger charge is 2.16. The van der Waals surface area contributed by atoms with Gasteiger partial charge in [0.2, 0.25) is 0 Å². The number of nitrogens with zero attached hydrogens (tertiary/aromatic N) is 1. The first-order valence-electron chi connectivity index (χ1n) is 5.84. The van der Waals surface area contributed by atoms with Crippen LogP contribution in [-0.2, 0) is 9.47 Å². The van der Waals surface area contributed by atoms with Crippen LogP contribution in [0.15, 0.2) is 22.5 Å². The second-order valence-corrected chi connectivity index (χ2v) is 4.86. The predicted molar refractivity (Wildman–Crippen MR) is 70.1 cm³/mol. The maximum absolute atomic E-state index is 11.8. The molecule has 0 radical (unpaired) electrons. The average Bonchev–Trinajstić information content (AvgIpc) is 3.05. The predicted octanol–water partition coefficient (Wildman–Crippen LogP) is 1.66. The molecule has 1 N–H and O–H groups in total. The van der Waals surface area contributed by atoms with E-state index < -0.39 is 0 Å². The fourth-order valence-corrected chi connectivity index (χ4v) is 2.31. The molecule has 1 aliphatic rings. The van der Waals surface area contributed by atoms with Crippen molar-refractivity contribution < 1.29 is 14.3 Å². The Hall–Kier alpha value is -1.40. The van der Waals surface area contributed by atoms with Gasteiger partial charge in [-0.3, -0.25) is 10.1 Å². The van der Waals surface area contributed by atoms with E-state index in [0.717, 1.165) is 19.4 Å². The van der Waals surface area contributed by atoms with E-state index in [1.807, 2.05) is 11.4 Å². The maximum atomic E-state index is 11.8. The largest absolute Gasteiger partial charge is 0.468 e. The smallest absolute Gasteiger partial charge is 0.291 e. The normalized spacial score (nSPS) is 19.8. The molecule has 5 nitrogen and oxygen atoms in total. The van der Waals surface area contributed by atoms with Crippen LogP contribution >= 0.6 is 11.3 Å². The van der Waals surface area contributed by atoms with Gasteiger partial charge in [0.1, 0.15) is 0 Å². The van der Waals surface area contributed by atoms with Crippen molar-refractivity contribution in [2.45, 2.75) is 18.9 Å². The van der Waals surface area contributed by atoms with Crippen molar-refractivity contribution in [3.05, 3.63) is 22.4 Å². The van der Waals surface area contributed by atoms with E-state index in [9.17, 15) is 4.79 Å². The summed E-state index contributed by atoms with van der Waals surface area (Å²) in [5, 5.41) is 4.49. The zero-order valence-corrected chi connectivity index (χ0v) is 11.0. The molecule has 98 valence electrons. The number of amides is 1. The molecule has 1 fully saturated rings. The Morgan fingerprint density at radius 3 is 3.22 bits per heavy atom. The number of hydrogen-bond acceptors (Lipinski definition) is 5. The minimum absolute atomic E-state index is 0.147. The molecule has 0 aromatic carbocycles. The second-order valence-electron chi connectivity index (χ2n) is 3.92. The van der Waals surface area contributed by atoms with Gasteiger partial charge in [0.15, 0.2) is 0 Å². The number of aliphatic imine (C=N–C) groups is 1. The van der Waals surface area contributed by atoms with Crippen LogP contribution in [0.1, 0.15) is 22.5 Å². The van der Waals surface area contributed by atoms with Gasteiger partial charge < -0.3 is 9.47 Å². The first-order chi connectivity index (χ1) is 8.79. The van der Waals surface area contributed by atoms with Crippen LogP contribution in [0, 0.1) is 0 Å². The molecule has 0 unspecified atom stereocenters. The molecule has 0 saturated carbocycles. The van der Waals surface area contributed by atoms with E-state index >= 15 is 0 Å². The number of amidine groups is 1. The third kappa shape index (κ3) is 3.54. The van der Waals surface area contributed by atoms with Crippen molar-refractivity contribution in [3.8, 4) is 0 Å². The number of carbonyl (C=O) groups is 1. The highest BCUT2D eigenvalue weighted by atomic mass is 32.1. The summed E-state index contributed by atoms with van der Waals surface area (Å²) < 4.78 is 10.5. The van der Waals surface area contributed by atoms with Gasteiger partial charge in [-0.05, 0) is 24.3 Å². The lowest BCUT2D eigenvalue weighted by Crippen LogP contribution is -2.32. The van der Waals surface area contributed by atoms with Crippen molar-refractivity contribution in [1.82, 2.24) is 5.32 Å². The highest BCUT2D eigenvalue weighted by Crippen LogP contribution is 2.12. The van der Waals surface area contributed by atoms with E-state index in [-0.39, 0.29) is 18.0 Å². The van der Waals surface area contributed by atoms with E-state index in [0.29, 0.717) is 11.4 Å². The Labute approximate surface area is 110 Å². The van der Waals surface area contributed by atoms with Crippen molar-refractivity contribution >= 4 is 23.3 Å². The van der Waals surface area contributed by atoms with Gasteiger partial charge in [-0.15, -0.1) is 11.3 Å². The average molecular weight is 268 g/mol. The quantitative estimate of drug-likeness (QED) is 0.670. The number of rotatable bonds is 3. The molecule has 2 heterocycles. The Bertz CT molecular complexity index is 411. The number of methoxy groups -OCH3 is 1. The summed E-state index contributed by atoms with van der Waals surface area (Å²) in [5.74, 6) is -0.196. The van der Waals surface area contributed by atoms with Gasteiger partial charge in [-0.2, -0.15) is 0 Å². The van der Waals surface area contributed by atoms with Crippen LogP contribution in [0.3, 0.4) is 0 Å². The van der Waals surface area contributed by atoms with E-state index in [4.69, 9.17) is 9.47 Å². The SMILES string of the molecule is COC(=NC[C@H]1CCCO1)NC(=O)c1cccs1. The summed E-state index contributed by atoms with van der Waals surface area (Å²) in [5.41, 5.74) is 0. The monoisotopic (exact) mass is 268 g/mol. The number of nitrogens with one attached hydrogen (secondary N) is 1. The Morgan fingerprint density at radius 2 is 2.61 bits per heavy atom. The Balaban J connectivity index is 1.88. The molecule has 2 rings (SSSR count). The van der Waals surface area contributed by atoms with Crippen molar-refractivity contribution in [1.29, 1.82) is 0 Å². The van der Waals surface area contributed by atoms with Crippen LogP contribution in [0.4, 0.5) is 0 Å². The standard InChI is InChI=1S/C12H16N2O3S/c1-16-12(13-8-9-4-2-6-17-9)14-11(15)10-5-3-7-18-10/h3,5,7,9H,2,4,6,8H2,1H3,(H,13,14,15)/t9-/m1/s1. The first-order valence-corrected chi connectivity index (χ1v) is 6.72. The summed E-state index contributed by atoms with van der Waals surface area (Å²) in [6.45, 7) is 1.32. The van der Waals surface area contributed by atoms with Crippen LogP contribution in [0.5, 0.6) is 0 Å². The highest BCUT2D eigenvalue weighted by molar-refractivity contribution is 7.12. The van der Waals surface area contributed by atoms with E-state index in [1.54, 1.807) is 6.07 Å². The summed E-state index contributed by atoms with van der Waals surface area (Å²) in [7, 11) is 1.49. The van der Waals surface area contributed by atoms with Crippen molar-refractivity contribution in [3.63, 3.8) is 0 Å². The molecule has 1 amide bonds. The third-order valence-corrected chi connectivity index (χ3v) is 3.49. The maximum Gasteiger partial charge on any atom is 0.291 e. The van der Waals surface area contributed by atoms with Crippen molar-refractivity contribution in [2.24, 2.45) is 4.99 Å². The van der Waals surface area contributed by atoms with Crippen LogP contribution in [-0.4, -0.2) is 38.3 Å². The molecule has 0 aliphatic carbocycles. The molecule has 0 spiro atoms. The molecule has 1 aromatic rings. The van der Waals surface area contributed by atoms with Gasteiger partial charge in [0, 0.05) is 6.61 Å². The Kier molecular flexibility index (Phi) is 4.72. The van der Waals surface area contributed by atoms with Crippen molar-refractivity contribution in [2.75, 3.05) is 20.3 Å². The van der Waals surface area contributed by atoms with Gasteiger partial charge in [0.25, 0.3) is 11.9 Å². The fraction of sp³-hybridized carbons (Fsp3) is 0.500. The number of carbonyl (C=O) groups excluding carboxylic acids is 1. The van der Waals surface area contributed by atoms with E-state index in [2.05, 4.69) is 10.3 Å². The van der Waals surface area contributed by atoms with Crippen LogP contribution in [0.2, 0.25) is 0 Å². The first kappa shape index (κ1) is 13.0. The molecular weight excluding hydrogens is 252 g/mol. The molecule has 0 bridgehead atoms. The second kappa shape index (κ2) is 6.51. The van der Waals surface area contributed by atoms with Gasteiger partial charge in [-0.1, -0.05) is 6.07 Å².